The van der Waals surface area contributed by atoms with Crippen molar-refractivity contribution in [2.75, 3.05) is 19.7 Å². The Morgan fingerprint density at radius 1 is 1.33 bits per heavy atom. The molecule has 1 aromatic carbocycles. The normalized spacial score (nSPS) is 15.6. The third kappa shape index (κ3) is 6.14. The minimum absolute atomic E-state index is 0.0140. The van der Waals surface area contributed by atoms with Gasteiger partial charge in [0.25, 0.3) is 0 Å². The highest BCUT2D eigenvalue weighted by Crippen LogP contribution is 2.18. The SMILES string of the molecule is Cc1cc(C)cc(OCC(O)CNCC(=O)NC2CC2)c1. The molecule has 0 radical (unpaired) electrons. The van der Waals surface area contributed by atoms with Gasteiger partial charge in [-0.25, -0.2) is 0 Å². The molecule has 3 N–H and O–H groups in total. The number of ether oxygens (including phenoxy) is 1. The molecule has 1 aliphatic carbocycles. The summed E-state index contributed by atoms with van der Waals surface area (Å²) in [5, 5.41) is 15.7. The number of hydrogen-bond donors (Lipinski definition) is 3. The summed E-state index contributed by atoms with van der Waals surface area (Å²) in [6.07, 6.45) is 1.52. The van der Waals surface area contributed by atoms with Crippen molar-refractivity contribution in [3.8, 4) is 5.75 Å². The van der Waals surface area contributed by atoms with Gasteiger partial charge < -0.3 is 20.5 Å². The zero-order valence-electron chi connectivity index (χ0n) is 12.7. The van der Waals surface area contributed by atoms with Crippen LogP contribution in [0.15, 0.2) is 18.2 Å². The number of aliphatic hydroxyl groups excluding tert-OH is 1. The first kappa shape index (κ1) is 15.8. The molecule has 0 saturated heterocycles. The van der Waals surface area contributed by atoms with Crippen molar-refractivity contribution in [2.45, 2.75) is 38.8 Å². The summed E-state index contributed by atoms with van der Waals surface area (Å²) >= 11 is 0. The minimum atomic E-state index is -0.639. The highest BCUT2D eigenvalue weighted by atomic mass is 16.5. The summed E-state index contributed by atoms with van der Waals surface area (Å²) in [6.45, 7) is 4.80. The van der Waals surface area contributed by atoms with Gasteiger partial charge in [-0.3, -0.25) is 4.79 Å². The Labute approximate surface area is 125 Å². The number of aliphatic hydroxyl groups is 1. The monoisotopic (exact) mass is 292 g/mol. The Kier molecular flexibility index (Phi) is 5.59. The zero-order valence-corrected chi connectivity index (χ0v) is 12.7. The molecule has 0 heterocycles. The van der Waals surface area contributed by atoms with Gasteiger partial charge >= 0.3 is 0 Å². The van der Waals surface area contributed by atoms with Gasteiger partial charge in [0.2, 0.25) is 5.91 Å². The average molecular weight is 292 g/mol. The lowest BCUT2D eigenvalue weighted by Gasteiger charge is -2.14. The van der Waals surface area contributed by atoms with Gasteiger partial charge in [0.15, 0.2) is 0 Å². The molecule has 1 aliphatic rings. The molecule has 5 nitrogen and oxygen atoms in total. The topological polar surface area (TPSA) is 70.6 Å². The van der Waals surface area contributed by atoms with E-state index in [1.807, 2.05) is 26.0 Å². The fraction of sp³-hybridized carbons (Fsp3) is 0.562. The van der Waals surface area contributed by atoms with Crippen LogP contribution >= 0.6 is 0 Å². The Morgan fingerprint density at radius 2 is 2.00 bits per heavy atom. The van der Waals surface area contributed by atoms with E-state index in [-0.39, 0.29) is 19.1 Å². The summed E-state index contributed by atoms with van der Waals surface area (Å²) in [7, 11) is 0. The lowest BCUT2D eigenvalue weighted by molar-refractivity contribution is -0.120. The molecule has 1 saturated carbocycles. The molecule has 0 bridgehead atoms. The van der Waals surface area contributed by atoms with E-state index in [2.05, 4.69) is 16.7 Å². The first-order valence-electron chi connectivity index (χ1n) is 7.42. The number of amides is 1. The summed E-state index contributed by atoms with van der Waals surface area (Å²) in [6, 6.07) is 6.33. The number of carbonyl (C=O) groups is 1. The quantitative estimate of drug-likeness (QED) is 0.666. The predicted octanol–water partition coefficient (Wildman–Crippen LogP) is 0.911. The number of carbonyl (C=O) groups excluding carboxylic acids is 1. The van der Waals surface area contributed by atoms with Crippen LogP contribution < -0.4 is 15.4 Å². The van der Waals surface area contributed by atoms with Crippen LogP contribution in [0.4, 0.5) is 0 Å². The highest BCUT2D eigenvalue weighted by Gasteiger charge is 2.22. The van der Waals surface area contributed by atoms with Crippen molar-refractivity contribution in [1.29, 1.82) is 0 Å². The summed E-state index contributed by atoms with van der Waals surface area (Å²) in [5.41, 5.74) is 2.27. The van der Waals surface area contributed by atoms with Crippen LogP contribution in [0.25, 0.3) is 0 Å². The van der Waals surface area contributed by atoms with Crippen molar-refractivity contribution >= 4 is 5.91 Å². The molecule has 21 heavy (non-hydrogen) atoms. The van der Waals surface area contributed by atoms with Gasteiger partial charge in [-0.2, -0.15) is 0 Å². The van der Waals surface area contributed by atoms with Crippen LogP contribution in [-0.2, 0) is 4.79 Å². The van der Waals surface area contributed by atoms with Gasteiger partial charge in [-0.1, -0.05) is 6.07 Å². The maximum atomic E-state index is 11.4. The molecule has 116 valence electrons. The van der Waals surface area contributed by atoms with Gasteiger partial charge in [0, 0.05) is 12.6 Å². The van der Waals surface area contributed by atoms with E-state index in [4.69, 9.17) is 4.74 Å². The molecule has 0 aliphatic heterocycles. The lowest BCUT2D eigenvalue weighted by atomic mass is 10.1. The van der Waals surface area contributed by atoms with Crippen LogP contribution in [0.1, 0.15) is 24.0 Å². The Morgan fingerprint density at radius 3 is 2.62 bits per heavy atom. The number of hydrogen-bond acceptors (Lipinski definition) is 4. The molecule has 1 unspecified atom stereocenters. The van der Waals surface area contributed by atoms with E-state index < -0.39 is 6.10 Å². The van der Waals surface area contributed by atoms with Gasteiger partial charge in [0.05, 0.1) is 6.54 Å². The molecule has 1 aromatic rings. The Bertz CT molecular complexity index is 466. The zero-order chi connectivity index (χ0) is 15.2. The summed E-state index contributed by atoms with van der Waals surface area (Å²) in [4.78, 5) is 11.4. The highest BCUT2D eigenvalue weighted by molar-refractivity contribution is 5.78. The smallest absolute Gasteiger partial charge is 0.234 e. The van der Waals surface area contributed by atoms with E-state index in [9.17, 15) is 9.90 Å². The molecule has 1 amide bonds. The van der Waals surface area contributed by atoms with Crippen molar-refractivity contribution in [3.63, 3.8) is 0 Å². The van der Waals surface area contributed by atoms with E-state index in [1.165, 1.54) is 0 Å². The molecule has 2 rings (SSSR count). The van der Waals surface area contributed by atoms with Gasteiger partial charge in [0.1, 0.15) is 18.5 Å². The van der Waals surface area contributed by atoms with E-state index in [1.54, 1.807) is 0 Å². The van der Waals surface area contributed by atoms with Gasteiger partial charge in [-0.15, -0.1) is 0 Å². The fourth-order valence-corrected chi connectivity index (χ4v) is 2.13. The molecular weight excluding hydrogens is 268 g/mol. The molecular formula is C16H24N2O3. The van der Waals surface area contributed by atoms with Crippen molar-refractivity contribution < 1.29 is 14.6 Å². The third-order valence-electron chi connectivity index (χ3n) is 3.25. The van der Waals surface area contributed by atoms with E-state index >= 15 is 0 Å². The predicted molar refractivity (Wildman–Crippen MR) is 81.5 cm³/mol. The van der Waals surface area contributed by atoms with E-state index in [0.29, 0.717) is 12.6 Å². The van der Waals surface area contributed by atoms with Crippen molar-refractivity contribution in [2.24, 2.45) is 0 Å². The Balaban J connectivity index is 1.62. The fourth-order valence-electron chi connectivity index (χ4n) is 2.13. The molecule has 5 heteroatoms. The number of rotatable bonds is 8. The number of nitrogens with one attached hydrogen (secondary N) is 2. The molecule has 1 fully saturated rings. The second kappa shape index (κ2) is 7.43. The first-order chi connectivity index (χ1) is 10.0. The maximum absolute atomic E-state index is 11.4. The molecule has 1 atom stereocenters. The van der Waals surface area contributed by atoms with Crippen LogP contribution in [0.5, 0.6) is 5.75 Å². The molecule has 0 spiro atoms. The summed E-state index contributed by atoms with van der Waals surface area (Å²) < 4.78 is 5.57. The average Bonchev–Trinajstić information content (AvgIpc) is 3.19. The minimum Gasteiger partial charge on any atom is -0.491 e. The number of aryl methyl sites for hydroxylation is 2. The van der Waals surface area contributed by atoms with Crippen molar-refractivity contribution in [1.82, 2.24) is 10.6 Å². The van der Waals surface area contributed by atoms with E-state index in [0.717, 1.165) is 29.7 Å². The standard InChI is InChI=1S/C16H24N2O3/c1-11-5-12(2)7-15(6-11)21-10-14(19)8-17-9-16(20)18-13-3-4-13/h5-7,13-14,17,19H,3-4,8-10H2,1-2H3,(H,18,20). The Hall–Kier alpha value is -1.59. The lowest BCUT2D eigenvalue weighted by Crippen LogP contribution is -2.39. The van der Waals surface area contributed by atoms with Gasteiger partial charge in [-0.05, 0) is 49.9 Å². The van der Waals surface area contributed by atoms with Crippen LogP contribution in [0.2, 0.25) is 0 Å². The first-order valence-corrected chi connectivity index (χ1v) is 7.42. The largest absolute Gasteiger partial charge is 0.491 e. The van der Waals surface area contributed by atoms with Crippen LogP contribution in [-0.4, -0.2) is 42.9 Å². The molecule has 0 aromatic heterocycles. The van der Waals surface area contributed by atoms with Crippen LogP contribution in [0.3, 0.4) is 0 Å². The van der Waals surface area contributed by atoms with Crippen LogP contribution in [0, 0.1) is 13.8 Å². The third-order valence-corrected chi connectivity index (χ3v) is 3.25. The van der Waals surface area contributed by atoms with Crippen molar-refractivity contribution in [3.05, 3.63) is 29.3 Å². The second-order valence-corrected chi connectivity index (χ2v) is 5.76. The number of benzene rings is 1. The second-order valence-electron chi connectivity index (χ2n) is 5.76. The maximum Gasteiger partial charge on any atom is 0.234 e. The summed E-state index contributed by atoms with van der Waals surface area (Å²) in [5.74, 6) is 0.748.